The summed E-state index contributed by atoms with van der Waals surface area (Å²) in [5.74, 6) is 0.466. The van der Waals surface area contributed by atoms with Gasteiger partial charge in [-0.05, 0) is 56.3 Å². The second-order valence-corrected chi connectivity index (χ2v) is 8.88. The Morgan fingerprint density at radius 3 is 2.48 bits per heavy atom. The number of esters is 1. The number of benzene rings is 2. The van der Waals surface area contributed by atoms with Crippen molar-refractivity contribution in [2.45, 2.75) is 30.8 Å². The van der Waals surface area contributed by atoms with E-state index in [1.54, 1.807) is 68.0 Å². The number of carbonyl (C=O) groups is 2. The Labute approximate surface area is 205 Å². The van der Waals surface area contributed by atoms with Crippen LogP contribution in [-0.2, 0) is 16.1 Å². The minimum atomic E-state index is -0.516. The second kappa shape index (κ2) is 11.4. The lowest BCUT2D eigenvalue weighted by molar-refractivity contribution is -0.142. The van der Waals surface area contributed by atoms with E-state index in [4.69, 9.17) is 32.7 Å². The fourth-order valence-electron chi connectivity index (χ4n) is 2.84. The Bertz CT molecular complexity index is 1140. The van der Waals surface area contributed by atoms with Gasteiger partial charge in [-0.3, -0.25) is 14.2 Å². The molecule has 3 aromatic rings. The van der Waals surface area contributed by atoms with Gasteiger partial charge in [0.25, 0.3) is 5.91 Å². The highest BCUT2D eigenvalue weighted by Gasteiger charge is 2.22. The summed E-state index contributed by atoms with van der Waals surface area (Å²) in [7, 11) is 1.56. The van der Waals surface area contributed by atoms with Crippen LogP contribution in [0, 0.1) is 0 Å². The van der Waals surface area contributed by atoms with Gasteiger partial charge in [0, 0.05) is 5.56 Å². The van der Waals surface area contributed by atoms with Crippen LogP contribution in [0.3, 0.4) is 0 Å². The third-order valence-corrected chi connectivity index (χ3v) is 6.28. The maximum atomic E-state index is 12.6. The van der Waals surface area contributed by atoms with Gasteiger partial charge in [-0.1, -0.05) is 35.0 Å². The molecule has 11 heteroatoms. The lowest BCUT2D eigenvalue weighted by Crippen LogP contribution is -2.24. The average Bonchev–Trinajstić information content (AvgIpc) is 3.21. The van der Waals surface area contributed by atoms with E-state index < -0.39 is 5.25 Å². The Morgan fingerprint density at radius 2 is 1.85 bits per heavy atom. The quantitative estimate of drug-likeness (QED) is 0.334. The summed E-state index contributed by atoms with van der Waals surface area (Å²) >= 11 is 13.5. The van der Waals surface area contributed by atoms with Gasteiger partial charge in [0.1, 0.15) is 11.0 Å². The molecule has 0 spiro atoms. The van der Waals surface area contributed by atoms with E-state index in [2.05, 4.69) is 15.5 Å². The first-order valence-corrected chi connectivity index (χ1v) is 11.6. The highest BCUT2D eigenvalue weighted by atomic mass is 35.5. The van der Waals surface area contributed by atoms with E-state index in [0.717, 1.165) is 0 Å². The molecule has 8 nitrogen and oxygen atoms in total. The molecule has 0 unspecified atom stereocenters. The third kappa shape index (κ3) is 6.19. The molecule has 0 radical (unpaired) electrons. The zero-order chi connectivity index (χ0) is 24.0. The number of carbonyl (C=O) groups excluding carboxylic acids is 2. The number of ether oxygens (including phenoxy) is 2. The molecular formula is C22H22Cl2N4O4S. The largest absolute Gasteiger partial charge is 0.497 e. The van der Waals surface area contributed by atoms with Crippen LogP contribution in [0.15, 0.2) is 47.6 Å². The van der Waals surface area contributed by atoms with Gasteiger partial charge in [-0.25, -0.2) is 0 Å². The topological polar surface area (TPSA) is 95.3 Å². The number of nitrogens with one attached hydrogen (secondary N) is 1. The smallest absolute Gasteiger partial charge is 0.319 e. The van der Waals surface area contributed by atoms with Crippen molar-refractivity contribution in [2.75, 3.05) is 13.7 Å². The molecule has 0 aliphatic carbocycles. The summed E-state index contributed by atoms with van der Waals surface area (Å²) in [4.78, 5) is 24.7. The molecule has 0 aliphatic heterocycles. The number of methoxy groups -OCH3 is 1. The normalized spacial score (nSPS) is 11.7. The minimum absolute atomic E-state index is 0.0897. The summed E-state index contributed by atoms with van der Waals surface area (Å²) in [6, 6.07) is 11.8. The molecule has 1 aromatic heterocycles. The van der Waals surface area contributed by atoms with Crippen LogP contribution in [-0.4, -0.2) is 45.6 Å². The molecule has 0 saturated heterocycles. The molecule has 33 heavy (non-hydrogen) atoms. The molecule has 1 heterocycles. The lowest BCUT2D eigenvalue weighted by atomic mass is 10.2. The maximum Gasteiger partial charge on any atom is 0.319 e. The van der Waals surface area contributed by atoms with Gasteiger partial charge in [0.15, 0.2) is 11.0 Å². The highest BCUT2D eigenvalue weighted by Crippen LogP contribution is 2.30. The van der Waals surface area contributed by atoms with Crippen molar-refractivity contribution in [3.63, 3.8) is 0 Å². The number of rotatable bonds is 9. The molecule has 174 valence electrons. The summed E-state index contributed by atoms with van der Waals surface area (Å²) in [5, 5.41) is 12.0. The van der Waals surface area contributed by atoms with Crippen LogP contribution in [0.2, 0.25) is 10.0 Å². The van der Waals surface area contributed by atoms with Crippen LogP contribution in [0.4, 0.5) is 0 Å². The van der Waals surface area contributed by atoms with Crippen molar-refractivity contribution < 1.29 is 19.1 Å². The second-order valence-electron chi connectivity index (χ2n) is 6.76. The summed E-state index contributed by atoms with van der Waals surface area (Å²) in [5.41, 5.74) is 1.11. The number of hydrogen-bond donors (Lipinski definition) is 1. The average molecular weight is 509 g/mol. The van der Waals surface area contributed by atoms with Crippen LogP contribution >= 0.6 is 35.0 Å². The molecule has 0 saturated carbocycles. The van der Waals surface area contributed by atoms with Crippen LogP contribution in [0.5, 0.6) is 5.75 Å². The van der Waals surface area contributed by atoms with Crippen molar-refractivity contribution in [1.82, 2.24) is 20.1 Å². The number of amides is 1. The van der Waals surface area contributed by atoms with Crippen molar-refractivity contribution >= 4 is 46.8 Å². The number of aromatic nitrogens is 3. The van der Waals surface area contributed by atoms with Crippen molar-refractivity contribution in [2.24, 2.45) is 0 Å². The Kier molecular flexibility index (Phi) is 8.60. The molecular weight excluding hydrogens is 487 g/mol. The zero-order valence-corrected chi connectivity index (χ0v) is 20.5. The SMILES string of the molecule is CCOC(=O)[C@H](C)Sc1nnc(CNC(=O)c2ccc(OC)cc2)n1-c1ccc(Cl)c(Cl)c1. The van der Waals surface area contributed by atoms with Crippen LogP contribution in [0.1, 0.15) is 30.0 Å². The fourth-order valence-corrected chi connectivity index (χ4v) is 4.02. The molecule has 3 rings (SSSR count). The summed E-state index contributed by atoms with van der Waals surface area (Å²) in [6.45, 7) is 3.84. The number of hydrogen-bond acceptors (Lipinski definition) is 7. The first-order valence-electron chi connectivity index (χ1n) is 9.99. The monoisotopic (exact) mass is 508 g/mol. The molecule has 2 aromatic carbocycles. The molecule has 1 atom stereocenters. The van der Waals surface area contributed by atoms with E-state index in [1.165, 1.54) is 11.8 Å². The van der Waals surface area contributed by atoms with E-state index in [-0.39, 0.29) is 25.0 Å². The lowest BCUT2D eigenvalue weighted by Gasteiger charge is -2.14. The molecule has 0 bridgehead atoms. The van der Waals surface area contributed by atoms with E-state index >= 15 is 0 Å². The maximum absolute atomic E-state index is 12.6. The summed E-state index contributed by atoms with van der Waals surface area (Å²) < 4.78 is 11.9. The zero-order valence-electron chi connectivity index (χ0n) is 18.2. The molecule has 0 fully saturated rings. The summed E-state index contributed by atoms with van der Waals surface area (Å²) in [6.07, 6.45) is 0. The van der Waals surface area contributed by atoms with Gasteiger partial charge in [-0.15, -0.1) is 10.2 Å². The van der Waals surface area contributed by atoms with Gasteiger partial charge in [0.05, 0.1) is 36.0 Å². The standard InChI is InChI=1S/C22H22Cl2N4O4S/c1-4-32-21(30)13(2)33-22-27-26-19(28(22)15-7-10-17(23)18(24)11-15)12-25-20(29)14-5-8-16(31-3)9-6-14/h5-11,13H,4,12H2,1-3H3,(H,25,29)/t13-/m0/s1. The fraction of sp³-hybridized carbons (Fsp3) is 0.273. The van der Waals surface area contributed by atoms with Crippen molar-refractivity contribution in [1.29, 1.82) is 0 Å². The van der Waals surface area contributed by atoms with Crippen LogP contribution in [0.25, 0.3) is 5.69 Å². The van der Waals surface area contributed by atoms with Crippen molar-refractivity contribution in [3.05, 3.63) is 63.9 Å². The number of nitrogens with zero attached hydrogens (tertiary/aromatic N) is 3. The predicted molar refractivity (Wildman–Crippen MR) is 127 cm³/mol. The van der Waals surface area contributed by atoms with E-state index in [1.807, 2.05) is 0 Å². The Hall–Kier alpha value is -2.75. The third-order valence-electron chi connectivity index (χ3n) is 4.52. The Balaban J connectivity index is 1.86. The van der Waals surface area contributed by atoms with E-state index in [0.29, 0.717) is 38.0 Å². The van der Waals surface area contributed by atoms with Crippen LogP contribution < -0.4 is 10.1 Å². The molecule has 0 aliphatic rings. The predicted octanol–water partition coefficient (Wildman–Crippen LogP) is 4.56. The molecule has 1 N–H and O–H groups in total. The van der Waals surface area contributed by atoms with Gasteiger partial charge >= 0.3 is 5.97 Å². The molecule has 1 amide bonds. The van der Waals surface area contributed by atoms with Gasteiger partial charge in [0.2, 0.25) is 0 Å². The number of thioether (sulfide) groups is 1. The minimum Gasteiger partial charge on any atom is -0.497 e. The first-order chi connectivity index (χ1) is 15.8. The first kappa shape index (κ1) is 24.9. The van der Waals surface area contributed by atoms with Gasteiger partial charge in [-0.2, -0.15) is 0 Å². The van der Waals surface area contributed by atoms with E-state index in [9.17, 15) is 9.59 Å². The number of halogens is 2. The van der Waals surface area contributed by atoms with Gasteiger partial charge < -0.3 is 14.8 Å². The van der Waals surface area contributed by atoms with Crippen molar-refractivity contribution in [3.8, 4) is 11.4 Å². The Morgan fingerprint density at radius 1 is 1.12 bits per heavy atom. The highest BCUT2D eigenvalue weighted by molar-refractivity contribution is 8.00.